The van der Waals surface area contributed by atoms with Crippen molar-refractivity contribution >= 4 is 5.95 Å². The molecule has 0 bridgehead atoms. The summed E-state index contributed by atoms with van der Waals surface area (Å²) in [5.41, 5.74) is 3.23. The van der Waals surface area contributed by atoms with E-state index in [1.807, 2.05) is 18.5 Å². The van der Waals surface area contributed by atoms with Crippen molar-refractivity contribution in [3.63, 3.8) is 0 Å². The average Bonchev–Trinajstić information content (AvgIpc) is 3.64. The van der Waals surface area contributed by atoms with Gasteiger partial charge in [-0.25, -0.2) is 24.3 Å². The second-order valence-electron chi connectivity index (χ2n) is 9.19. The zero-order valence-corrected chi connectivity index (χ0v) is 19.0. The third kappa shape index (κ3) is 5.19. The lowest BCUT2D eigenvalue weighted by atomic mass is 9.91. The largest absolute Gasteiger partial charge is 0.376 e. The number of nitrogens with zero attached hydrogens (tertiary/aromatic N) is 5. The van der Waals surface area contributed by atoms with E-state index in [0.29, 0.717) is 23.7 Å². The first-order valence-electron chi connectivity index (χ1n) is 11.9. The summed E-state index contributed by atoms with van der Waals surface area (Å²) in [6.45, 7) is 5.36. The van der Waals surface area contributed by atoms with Gasteiger partial charge in [-0.1, -0.05) is 19.1 Å². The highest BCUT2D eigenvalue weighted by Crippen LogP contribution is 2.48. The Kier molecular flexibility index (Phi) is 6.58. The van der Waals surface area contributed by atoms with Gasteiger partial charge in [0.1, 0.15) is 12.1 Å². The van der Waals surface area contributed by atoms with Crippen LogP contribution in [0.2, 0.25) is 0 Å². The molecule has 0 unspecified atom stereocenters. The highest BCUT2D eigenvalue weighted by atomic mass is 19.1. The topological polar surface area (TPSA) is 64.0 Å². The summed E-state index contributed by atoms with van der Waals surface area (Å²) in [7, 11) is 0. The Bertz CT molecular complexity index is 1050. The Hall–Kier alpha value is -2.93. The van der Waals surface area contributed by atoms with Crippen molar-refractivity contribution in [2.75, 3.05) is 24.6 Å². The Balaban J connectivity index is 1.05. The molecule has 3 heterocycles. The van der Waals surface area contributed by atoms with Crippen molar-refractivity contribution in [3.8, 4) is 11.1 Å². The number of anilines is 1. The van der Waals surface area contributed by atoms with Crippen LogP contribution in [-0.4, -0.2) is 39.6 Å². The summed E-state index contributed by atoms with van der Waals surface area (Å²) >= 11 is 0. The van der Waals surface area contributed by atoms with Crippen LogP contribution in [0.4, 0.5) is 10.3 Å². The van der Waals surface area contributed by atoms with Crippen molar-refractivity contribution in [2.24, 2.45) is 17.8 Å². The van der Waals surface area contributed by atoms with Crippen LogP contribution in [0.3, 0.4) is 0 Å². The number of hydrogen-bond donors (Lipinski definition) is 0. The molecular formula is C26H30FN5O. The maximum Gasteiger partial charge on any atom is 0.225 e. The molecule has 172 valence electrons. The number of aromatic nitrogens is 4. The van der Waals surface area contributed by atoms with Crippen LogP contribution < -0.4 is 4.90 Å². The third-order valence-electron chi connectivity index (χ3n) is 7.01. The van der Waals surface area contributed by atoms with Crippen LogP contribution in [0.5, 0.6) is 0 Å². The van der Waals surface area contributed by atoms with Crippen LogP contribution in [0.1, 0.15) is 37.3 Å². The molecule has 33 heavy (non-hydrogen) atoms. The van der Waals surface area contributed by atoms with E-state index >= 15 is 0 Å². The minimum Gasteiger partial charge on any atom is -0.376 e. The molecule has 2 atom stereocenters. The average molecular weight is 448 g/mol. The van der Waals surface area contributed by atoms with Crippen molar-refractivity contribution in [1.29, 1.82) is 0 Å². The lowest BCUT2D eigenvalue weighted by Crippen LogP contribution is -2.35. The van der Waals surface area contributed by atoms with Crippen LogP contribution in [0.25, 0.3) is 11.1 Å². The molecule has 3 aromatic rings. The lowest BCUT2D eigenvalue weighted by molar-refractivity contribution is 0.104. The fourth-order valence-corrected chi connectivity index (χ4v) is 4.91. The van der Waals surface area contributed by atoms with Gasteiger partial charge in [-0.2, -0.15) is 0 Å². The standard InChI is InChI=1S/C26H30FN5O/c1-2-18-11-30-26(31-12-18)32-7-5-20(6-8-32)24-10-21(24)16-33-15-19-3-4-23(25(27)9-19)22-13-28-17-29-14-22/h3-4,9,11-14,17,20-21,24H,2,5-8,10,15-16H2,1H3/t21-,24+/m0/s1. The quantitative estimate of drug-likeness (QED) is 0.499. The molecule has 1 aliphatic carbocycles. The SMILES string of the molecule is CCc1cnc(N2CCC([C@H]3C[C@H]3COCc3ccc(-c4cncnc4)c(F)c3)CC2)nc1. The molecule has 5 rings (SSSR count). The highest BCUT2D eigenvalue weighted by molar-refractivity contribution is 5.62. The van der Waals surface area contributed by atoms with E-state index < -0.39 is 0 Å². The second-order valence-corrected chi connectivity index (χ2v) is 9.19. The van der Waals surface area contributed by atoms with E-state index in [1.165, 1.54) is 31.2 Å². The Morgan fingerprint density at radius 1 is 1.03 bits per heavy atom. The first kappa shape index (κ1) is 21.9. The molecule has 7 heteroatoms. The first-order valence-corrected chi connectivity index (χ1v) is 11.9. The molecule has 2 fully saturated rings. The lowest BCUT2D eigenvalue weighted by Gasteiger charge is -2.32. The number of piperidine rings is 1. The molecule has 2 aliphatic rings. The van der Waals surface area contributed by atoms with Gasteiger partial charge in [-0.15, -0.1) is 0 Å². The molecule has 0 N–H and O–H groups in total. The minimum absolute atomic E-state index is 0.268. The smallest absolute Gasteiger partial charge is 0.225 e. The molecule has 1 saturated carbocycles. The van der Waals surface area contributed by atoms with Crippen LogP contribution >= 0.6 is 0 Å². The zero-order chi connectivity index (χ0) is 22.6. The van der Waals surface area contributed by atoms with Gasteiger partial charge < -0.3 is 9.64 Å². The van der Waals surface area contributed by atoms with Gasteiger partial charge >= 0.3 is 0 Å². The molecule has 6 nitrogen and oxygen atoms in total. The molecule has 0 amide bonds. The van der Waals surface area contributed by atoms with Crippen molar-refractivity contribution in [3.05, 3.63) is 66.3 Å². The van der Waals surface area contributed by atoms with Gasteiger partial charge in [-0.05, 0) is 60.6 Å². The first-order chi connectivity index (χ1) is 16.2. The Morgan fingerprint density at radius 3 is 2.48 bits per heavy atom. The van der Waals surface area contributed by atoms with E-state index in [0.717, 1.165) is 49.5 Å². The van der Waals surface area contributed by atoms with Gasteiger partial charge in [0.15, 0.2) is 0 Å². The third-order valence-corrected chi connectivity index (χ3v) is 7.01. The number of benzene rings is 1. The molecule has 1 aliphatic heterocycles. The fraction of sp³-hybridized carbons (Fsp3) is 0.462. The molecule has 0 spiro atoms. The van der Waals surface area contributed by atoms with E-state index in [9.17, 15) is 4.39 Å². The Labute approximate surface area is 194 Å². The van der Waals surface area contributed by atoms with E-state index in [2.05, 4.69) is 31.8 Å². The molecule has 1 saturated heterocycles. The van der Waals surface area contributed by atoms with Crippen molar-refractivity contribution in [2.45, 2.75) is 39.2 Å². The van der Waals surface area contributed by atoms with Gasteiger partial charge in [0.25, 0.3) is 0 Å². The predicted octanol–water partition coefficient (Wildman–Crippen LogP) is 4.70. The van der Waals surface area contributed by atoms with E-state index in [4.69, 9.17) is 4.74 Å². The van der Waals surface area contributed by atoms with Crippen LogP contribution in [0, 0.1) is 23.6 Å². The van der Waals surface area contributed by atoms with Gasteiger partial charge in [-0.3, -0.25) is 0 Å². The summed E-state index contributed by atoms with van der Waals surface area (Å²) in [6.07, 6.45) is 13.2. The second kappa shape index (κ2) is 9.91. The number of ether oxygens (including phenoxy) is 1. The number of halogens is 1. The van der Waals surface area contributed by atoms with Crippen molar-refractivity contribution < 1.29 is 9.13 Å². The summed E-state index contributed by atoms with van der Waals surface area (Å²) < 4.78 is 20.5. The Morgan fingerprint density at radius 2 is 1.79 bits per heavy atom. The van der Waals surface area contributed by atoms with E-state index in [1.54, 1.807) is 24.5 Å². The zero-order valence-electron chi connectivity index (χ0n) is 19.0. The highest BCUT2D eigenvalue weighted by Gasteiger charge is 2.43. The number of aryl methyl sites for hydroxylation is 1. The monoisotopic (exact) mass is 447 g/mol. The predicted molar refractivity (Wildman–Crippen MR) is 125 cm³/mol. The summed E-state index contributed by atoms with van der Waals surface area (Å²) in [5.74, 6) is 2.74. The van der Waals surface area contributed by atoms with Gasteiger partial charge in [0, 0.05) is 49.0 Å². The number of hydrogen-bond acceptors (Lipinski definition) is 6. The number of rotatable bonds is 8. The minimum atomic E-state index is -0.268. The molecule has 0 radical (unpaired) electrons. The van der Waals surface area contributed by atoms with Crippen LogP contribution in [0.15, 0.2) is 49.3 Å². The van der Waals surface area contributed by atoms with Gasteiger partial charge in [0.05, 0.1) is 13.2 Å². The maximum absolute atomic E-state index is 14.5. The fourth-order valence-electron chi connectivity index (χ4n) is 4.91. The molecule has 1 aromatic carbocycles. The normalized spacial score (nSPS) is 20.7. The molecule has 2 aromatic heterocycles. The summed E-state index contributed by atoms with van der Waals surface area (Å²) in [4.78, 5) is 19.3. The summed E-state index contributed by atoms with van der Waals surface area (Å²) in [5, 5.41) is 0. The van der Waals surface area contributed by atoms with E-state index in [-0.39, 0.29) is 5.82 Å². The summed E-state index contributed by atoms with van der Waals surface area (Å²) in [6, 6.07) is 5.25. The maximum atomic E-state index is 14.5. The van der Waals surface area contributed by atoms with Crippen molar-refractivity contribution in [1.82, 2.24) is 19.9 Å². The van der Waals surface area contributed by atoms with Gasteiger partial charge in [0.2, 0.25) is 5.95 Å². The molecular weight excluding hydrogens is 417 g/mol. The van der Waals surface area contributed by atoms with Crippen LogP contribution in [-0.2, 0) is 17.8 Å².